The van der Waals surface area contributed by atoms with Gasteiger partial charge in [0.15, 0.2) is 0 Å². The normalized spacial score (nSPS) is 14.5. The molecule has 0 bridgehead atoms. The molecule has 13 heavy (non-hydrogen) atoms. The molecule has 1 aromatic carbocycles. The van der Waals surface area contributed by atoms with Gasteiger partial charge in [-0.2, -0.15) is 5.26 Å². The maximum Gasteiger partial charge on any atom is 0.217 e. The highest BCUT2D eigenvalue weighted by molar-refractivity contribution is 5.97. The van der Waals surface area contributed by atoms with Gasteiger partial charge < -0.3 is 4.74 Å². The van der Waals surface area contributed by atoms with E-state index >= 15 is 0 Å². The lowest BCUT2D eigenvalue weighted by Crippen LogP contribution is -2.03. The minimum absolute atomic E-state index is 0.595. The van der Waals surface area contributed by atoms with E-state index in [2.05, 4.69) is 11.1 Å². The van der Waals surface area contributed by atoms with Crippen molar-refractivity contribution in [3.05, 3.63) is 35.4 Å². The fraction of sp³-hybridized carbons (Fsp3) is 0.200. The zero-order valence-corrected chi connectivity index (χ0v) is 7.03. The molecule has 0 saturated heterocycles. The molecule has 1 heterocycles. The van der Waals surface area contributed by atoms with Crippen molar-refractivity contribution in [2.45, 2.75) is 0 Å². The van der Waals surface area contributed by atoms with Crippen molar-refractivity contribution in [1.29, 1.82) is 5.26 Å². The summed E-state index contributed by atoms with van der Waals surface area (Å²) >= 11 is 0. The van der Waals surface area contributed by atoms with Crippen molar-refractivity contribution >= 4 is 5.90 Å². The van der Waals surface area contributed by atoms with E-state index < -0.39 is 0 Å². The molecular weight excluding hydrogens is 164 g/mol. The molecule has 0 radical (unpaired) electrons. The van der Waals surface area contributed by atoms with Crippen LogP contribution in [0.4, 0.5) is 0 Å². The van der Waals surface area contributed by atoms with Gasteiger partial charge in [0.1, 0.15) is 6.61 Å². The molecule has 0 aromatic heterocycles. The van der Waals surface area contributed by atoms with E-state index in [1.807, 2.05) is 18.2 Å². The molecule has 0 unspecified atom stereocenters. The molecule has 3 nitrogen and oxygen atoms in total. The summed E-state index contributed by atoms with van der Waals surface area (Å²) in [5.41, 5.74) is 1.41. The summed E-state index contributed by atoms with van der Waals surface area (Å²) in [5, 5.41) is 8.82. The first-order valence-electron chi connectivity index (χ1n) is 4.08. The number of hydrogen-bond donors (Lipinski definition) is 0. The van der Waals surface area contributed by atoms with Gasteiger partial charge in [0.05, 0.1) is 23.7 Å². The number of rotatable bonds is 1. The first-order valence-corrected chi connectivity index (χ1v) is 4.08. The molecular formula is C10H8N2O. The maximum atomic E-state index is 8.82. The summed E-state index contributed by atoms with van der Waals surface area (Å²) in [7, 11) is 0. The fourth-order valence-corrected chi connectivity index (χ4v) is 1.27. The van der Waals surface area contributed by atoms with Crippen LogP contribution in [0.15, 0.2) is 29.3 Å². The smallest absolute Gasteiger partial charge is 0.217 e. The highest BCUT2D eigenvalue weighted by Crippen LogP contribution is 2.12. The molecule has 0 atom stereocenters. The quantitative estimate of drug-likeness (QED) is 0.641. The van der Waals surface area contributed by atoms with E-state index in [0.717, 1.165) is 5.56 Å². The predicted octanol–water partition coefficient (Wildman–Crippen LogP) is 1.34. The first-order chi connectivity index (χ1) is 6.42. The number of nitriles is 1. The highest BCUT2D eigenvalue weighted by Gasteiger charge is 2.13. The third-order valence-electron chi connectivity index (χ3n) is 1.86. The molecule has 1 aliphatic rings. The number of ether oxygens (including phenoxy) is 1. The lowest BCUT2D eigenvalue weighted by molar-refractivity contribution is 0.348. The second-order valence-electron chi connectivity index (χ2n) is 2.69. The third-order valence-corrected chi connectivity index (χ3v) is 1.86. The molecule has 3 heteroatoms. The Morgan fingerprint density at radius 2 is 2.23 bits per heavy atom. The van der Waals surface area contributed by atoms with Crippen LogP contribution in [-0.4, -0.2) is 19.0 Å². The van der Waals surface area contributed by atoms with E-state index in [-0.39, 0.29) is 0 Å². The van der Waals surface area contributed by atoms with Crippen LogP contribution in [0.1, 0.15) is 11.1 Å². The summed E-state index contributed by atoms with van der Waals surface area (Å²) in [6, 6.07) is 9.43. The fourth-order valence-electron chi connectivity index (χ4n) is 1.27. The van der Waals surface area contributed by atoms with Gasteiger partial charge in [-0.05, 0) is 12.1 Å². The van der Waals surface area contributed by atoms with Gasteiger partial charge >= 0.3 is 0 Å². The molecule has 0 aliphatic carbocycles. The first kappa shape index (κ1) is 7.81. The number of hydrogen-bond acceptors (Lipinski definition) is 3. The standard InChI is InChI=1S/C10H8N2O/c11-7-8-3-1-2-4-9(8)10-12-5-6-13-10/h1-4H,5-6H2. The molecule has 0 saturated carbocycles. The van der Waals surface area contributed by atoms with Crippen molar-refractivity contribution in [3.8, 4) is 6.07 Å². The second-order valence-corrected chi connectivity index (χ2v) is 2.69. The van der Waals surface area contributed by atoms with E-state index in [1.165, 1.54) is 0 Å². The molecule has 1 aromatic rings. The Morgan fingerprint density at radius 3 is 2.92 bits per heavy atom. The number of aliphatic imine (C=N–C) groups is 1. The van der Waals surface area contributed by atoms with Crippen LogP contribution in [0.3, 0.4) is 0 Å². The van der Waals surface area contributed by atoms with Crippen molar-refractivity contribution in [3.63, 3.8) is 0 Å². The Balaban J connectivity index is 2.45. The van der Waals surface area contributed by atoms with E-state index in [4.69, 9.17) is 10.00 Å². The summed E-state index contributed by atoms with van der Waals surface area (Å²) in [6.07, 6.45) is 0. The average molecular weight is 172 g/mol. The topological polar surface area (TPSA) is 45.4 Å². The SMILES string of the molecule is N#Cc1ccccc1C1=NCCO1. The Kier molecular flexibility index (Phi) is 1.97. The van der Waals surface area contributed by atoms with Crippen LogP contribution in [0.2, 0.25) is 0 Å². The lowest BCUT2D eigenvalue weighted by Gasteiger charge is -2.02. The van der Waals surface area contributed by atoms with Gasteiger partial charge in [0, 0.05) is 0 Å². The Bertz CT molecular complexity index is 390. The van der Waals surface area contributed by atoms with Crippen molar-refractivity contribution in [1.82, 2.24) is 0 Å². The van der Waals surface area contributed by atoms with Gasteiger partial charge in [0.2, 0.25) is 5.90 Å². The van der Waals surface area contributed by atoms with Crippen LogP contribution in [0, 0.1) is 11.3 Å². The Hall–Kier alpha value is -1.82. The van der Waals surface area contributed by atoms with Crippen molar-refractivity contribution in [2.75, 3.05) is 13.2 Å². The number of benzene rings is 1. The minimum Gasteiger partial charge on any atom is -0.475 e. The molecule has 0 spiro atoms. The van der Waals surface area contributed by atoms with Crippen molar-refractivity contribution in [2.24, 2.45) is 4.99 Å². The molecule has 2 rings (SSSR count). The summed E-state index contributed by atoms with van der Waals surface area (Å²) < 4.78 is 5.28. The van der Waals surface area contributed by atoms with Gasteiger partial charge in [0.25, 0.3) is 0 Å². The van der Waals surface area contributed by atoms with E-state index in [0.29, 0.717) is 24.6 Å². The third kappa shape index (κ3) is 1.38. The second kappa shape index (κ2) is 3.28. The van der Waals surface area contributed by atoms with Crippen LogP contribution in [0.5, 0.6) is 0 Å². The molecule has 1 aliphatic heterocycles. The van der Waals surface area contributed by atoms with Crippen LogP contribution in [-0.2, 0) is 4.74 Å². The molecule has 0 N–H and O–H groups in total. The highest BCUT2D eigenvalue weighted by atomic mass is 16.5. The summed E-state index contributed by atoms with van der Waals surface area (Å²) in [5.74, 6) is 0.595. The summed E-state index contributed by atoms with van der Waals surface area (Å²) in [6.45, 7) is 1.31. The van der Waals surface area contributed by atoms with E-state index in [1.54, 1.807) is 6.07 Å². The van der Waals surface area contributed by atoms with Crippen LogP contribution < -0.4 is 0 Å². The van der Waals surface area contributed by atoms with E-state index in [9.17, 15) is 0 Å². The predicted molar refractivity (Wildman–Crippen MR) is 48.5 cm³/mol. The van der Waals surface area contributed by atoms with Gasteiger partial charge in [-0.1, -0.05) is 12.1 Å². The van der Waals surface area contributed by atoms with Gasteiger partial charge in [-0.25, -0.2) is 4.99 Å². The van der Waals surface area contributed by atoms with Crippen molar-refractivity contribution < 1.29 is 4.74 Å². The van der Waals surface area contributed by atoms with Gasteiger partial charge in [-0.15, -0.1) is 0 Å². The van der Waals surface area contributed by atoms with Gasteiger partial charge in [-0.3, -0.25) is 0 Å². The average Bonchev–Trinajstić information content (AvgIpc) is 2.70. The molecule has 0 fully saturated rings. The van der Waals surface area contributed by atoms with Crippen LogP contribution in [0.25, 0.3) is 0 Å². The largest absolute Gasteiger partial charge is 0.475 e. The molecule has 0 amide bonds. The zero-order valence-electron chi connectivity index (χ0n) is 7.03. The lowest BCUT2D eigenvalue weighted by atomic mass is 10.1. The Labute approximate surface area is 76.3 Å². The van der Waals surface area contributed by atoms with Crippen LogP contribution >= 0.6 is 0 Å². The summed E-state index contributed by atoms with van der Waals surface area (Å²) in [4.78, 5) is 4.16. The minimum atomic E-state index is 0.595. The zero-order chi connectivity index (χ0) is 9.10. The maximum absolute atomic E-state index is 8.82. The number of nitrogens with zero attached hydrogens (tertiary/aromatic N) is 2. The molecule has 64 valence electrons. The Morgan fingerprint density at radius 1 is 1.38 bits per heavy atom. The monoisotopic (exact) mass is 172 g/mol.